The molecule has 0 spiro atoms. The van der Waals surface area contributed by atoms with Gasteiger partial charge in [-0.2, -0.15) is 47.4 Å². The van der Waals surface area contributed by atoms with Crippen molar-refractivity contribution in [1.82, 2.24) is 4.98 Å². The normalized spacial score (nSPS) is 12.5. The summed E-state index contributed by atoms with van der Waals surface area (Å²) in [5, 5.41) is 40.1. The number of hydrogen-bond acceptors (Lipinski definition) is 5. The van der Waals surface area contributed by atoms with Crippen LogP contribution in [0.3, 0.4) is 0 Å². The lowest BCUT2D eigenvalue weighted by atomic mass is 9.93. The molecule has 0 bridgehead atoms. The Morgan fingerprint density at radius 3 is 1.25 bits per heavy atom. The fourth-order valence-electron chi connectivity index (χ4n) is 6.93. The van der Waals surface area contributed by atoms with Gasteiger partial charge in [-0.3, -0.25) is 0 Å². The zero-order valence-corrected chi connectivity index (χ0v) is 27.0. The number of pyridine rings is 1. The summed E-state index contributed by atoms with van der Waals surface area (Å²) in [6.07, 6.45) is -10.1. The average Bonchev–Trinajstić information content (AvgIpc) is 3.58. The maximum absolute atomic E-state index is 13.7. The lowest BCUT2D eigenvalue weighted by Crippen LogP contribution is -2.11. The summed E-state index contributed by atoms with van der Waals surface area (Å²) in [4.78, 5) is 4.87. The first-order valence-corrected chi connectivity index (χ1v) is 15.5. The zero-order chi connectivity index (χ0) is 37.3. The van der Waals surface area contributed by atoms with Gasteiger partial charge in [-0.25, -0.2) is 4.98 Å². The molecule has 0 N–H and O–H groups in total. The highest BCUT2D eigenvalue weighted by atomic mass is 19.4. The highest BCUT2D eigenvalue weighted by Gasteiger charge is 2.38. The molecule has 0 saturated heterocycles. The Morgan fingerprint density at radius 2 is 0.865 bits per heavy atom. The number of aromatic nitrogens is 1. The molecule has 0 aliphatic heterocycles. The van der Waals surface area contributed by atoms with Gasteiger partial charge in [-0.15, -0.1) is 0 Å². The molecule has 52 heavy (non-hydrogen) atoms. The zero-order valence-electron chi connectivity index (χ0n) is 27.0. The van der Waals surface area contributed by atoms with Crippen molar-refractivity contribution in [3.8, 4) is 68.8 Å². The van der Waals surface area contributed by atoms with Crippen LogP contribution in [0, 0.1) is 59.2 Å². The van der Waals surface area contributed by atoms with Gasteiger partial charge in [0.05, 0.1) is 22.5 Å². The fraction of sp³-hybridized carbons (Fsp3) is 0.0976. The third kappa shape index (κ3) is 5.37. The average molecular weight is 696 g/mol. The van der Waals surface area contributed by atoms with Crippen molar-refractivity contribution in [3.63, 3.8) is 0 Å². The number of alkyl halides is 6. The Balaban J connectivity index is 1.47. The van der Waals surface area contributed by atoms with E-state index >= 15 is 0 Å². The topological polar surface area (TPSA) is 108 Å². The summed E-state index contributed by atoms with van der Waals surface area (Å²) in [6, 6.07) is 26.5. The Morgan fingerprint density at radius 1 is 0.462 bits per heavy atom. The van der Waals surface area contributed by atoms with E-state index in [1.165, 1.54) is 18.2 Å². The molecule has 11 heteroatoms. The second-order valence-corrected chi connectivity index (χ2v) is 12.4. The van der Waals surface area contributed by atoms with Gasteiger partial charge in [0, 0.05) is 22.3 Å². The van der Waals surface area contributed by atoms with Crippen molar-refractivity contribution >= 4 is 11.1 Å². The van der Waals surface area contributed by atoms with Crippen LogP contribution in [-0.4, -0.2) is 4.98 Å². The highest BCUT2D eigenvalue weighted by Crippen LogP contribution is 2.53. The second-order valence-electron chi connectivity index (χ2n) is 12.4. The number of nitrogens with zero attached hydrogens (tertiary/aromatic N) is 5. The molecule has 5 aromatic rings. The molecule has 0 unspecified atom stereocenters. The molecule has 2 aliphatic rings. The van der Waals surface area contributed by atoms with Crippen LogP contribution in [0.1, 0.15) is 44.8 Å². The minimum Gasteiger partial charge on any atom is -0.246 e. The summed E-state index contributed by atoms with van der Waals surface area (Å²) in [6.45, 7) is 3.95. The van der Waals surface area contributed by atoms with Crippen LogP contribution in [-0.2, 0) is 12.4 Å². The summed E-state index contributed by atoms with van der Waals surface area (Å²) in [7, 11) is 0. The van der Waals surface area contributed by atoms with Crippen LogP contribution in [0.25, 0.3) is 55.7 Å². The number of nitriles is 4. The van der Waals surface area contributed by atoms with Crippen molar-refractivity contribution in [2.45, 2.75) is 26.2 Å². The fourth-order valence-corrected chi connectivity index (χ4v) is 6.93. The Hall–Kier alpha value is -6.95. The Bertz CT molecular complexity index is 2580. The van der Waals surface area contributed by atoms with E-state index < -0.39 is 29.1 Å². The van der Waals surface area contributed by atoms with Crippen LogP contribution in [0.2, 0.25) is 0 Å². The lowest BCUT2D eigenvalue weighted by Gasteiger charge is -2.15. The Labute approximate surface area is 292 Å². The highest BCUT2D eigenvalue weighted by molar-refractivity contribution is 6.09. The number of halogens is 6. The predicted molar refractivity (Wildman–Crippen MR) is 180 cm³/mol. The van der Waals surface area contributed by atoms with Crippen molar-refractivity contribution < 1.29 is 26.3 Å². The SMILES string of the molecule is Cc1cc(C)cc(-c2ccc3c(c2)C(=C(C#N)C#N)c2nc4c(cc2-3)-c2ccc(-c3cc(C(F)(F)F)cc(C(F)(F)F)c3)cc2C4=C(C#N)C#N)c1. The van der Waals surface area contributed by atoms with E-state index in [2.05, 4.69) is 0 Å². The molecule has 0 amide bonds. The monoisotopic (exact) mass is 695 g/mol. The molecular formula is C41H19F6N5. The van der Waals surface area contributed by atoms with Gasteiger partial charge in [0.1, 0.15) is 35.4 Å². The number of fused-ring (bicyclic) bond motifs is 6. The molecule has 1 heterocycles. The third-order valence-electron chi connectivity index (χ3n) is 9.08. The number of hydrogen-bond donors (Lipinski definition) is 0. The van der Waals surface area contributed by atoms with Crippen LogP contribution in [0.15, 0.2) is 90.0 Å². The first kappa shape index (κ1) is 33.5. The van der Waals surface area contributed by atoms with E-state index in [0.717, 1.165) is 22.3 Å². The smallest absolute Gasteiger partial charge is 0.246 e. The van der Waals surface area contributed by atoms with Crippen molar-refractivity contribution in [3.05, 3.63) is 135 Å². The minimum atomic E-state index is -5.07. The van der Waals surface area contributed by atoms with Crippen LogP contribution >= 0.6 is 0 Å². The van der Waals surface area contributed by atoms with Gasteiger partial charge in [-0.1, -0.05) is 53.6 Å². The summed E-state index contributed by atoms with van der Waals surface area (Å²) < 4.78 is 82.3. The largest absolute Gasteiger partial charge is 0.416 e. The van der Waals surface area contributed by atoms with E-state index in [1.807, 2.05) is 74.5 Å². The third-order valence-corrected chi connectivity index (χ3v) is 9.08. The number of benzene rings is 4. The van der Waals surface area contributed by atoms with Crippen LogP contribution < -0.4 is 0 Å². The number of allylic oxidation sites excluding steroid dienone is 2. The standard InChI is InChI=1S/C41H19F6N5/c1-20-7-21(2)9-24(8-20)22-3-5-30-32(12-22)36(26(16-48)17-49)38-34(30)15-35-31-6-4-23(13-33(31)37(39(35)52-38)27(18-50)19-51)25-10-28(40(42,43)44)14-29(11-25)41(45,46)47/h3-15H,1-2H3. The Kier molecular flexibility index (Phi) is 7.63. The molecule has 0 fully saturated rings. The van der Waals surface area contributed by atoms with Gasteiger partial charge in [0.15, 0.2) is 0 Å². The molecule has 7 rings (SSSR count). The van der Waals surface area contributed by atoms with Crippen LogP contribution in [0.4, 0.5) is 26.3 Å². The molecule has 0 radical (unpaired) electrons. The van der Waals surface area contributed by atoms with Gasteiger partial charge in [0.2, 0.25) is 0 Å². The van der Waals surface area contributed by atoms with E-state index in [0.29, 0.717) is 39.9 Å². The van der Waals surface area contributed by atoms with E-state index in [9.17, 15) is 47.4 Å². The molecule has 5 nitrogen and oxygen atoms in total. The van der Waals surface area contributed by atoms with Crippen molar-refractivity contribution in [1.29, 1.82) is 21.0 Å². The summed E-state index contributed by atoms with van der Waals surface area (Å²) in [5.74, 6) is 0. The molecular weight excluding hydrogens is 676 g/mol. The summed E-state index contributed by atoms with van der Waals surface area (Å²) in [5.41, 5.74) is 3.36. The lowest BCUT2D eigenvalue weighted by molar-refractivity contribution is -0.143. The van der Waals surface area contributed by atoms with E-state index in [1.54, 1.807) is 6.07 Å². The maximum atomic E-state index is 13.7. The summed E-state index contributed by atoms with van der Waals surface area (Å²) >= 11 is 0. The maximum Gasteiger partial charge on any atom is 0.416 e. The molecule has 250 valence electrons. The van der Waals surface area contributed by atoms with E-state index in [-0.39, 0.29) is 50.9 Å². The van der Waals surface area contributed by atoms with Gasteiger partial charge >= 0.3 is 12.4 Å². The first-order chi connectivity index (χ1) is 24.7. The van der Waals surface area contributed by atoms with Crippen LogP contribution in [0.5, 0.6) is 0 Å². The second kappa shape index (κ2) is 11.8. The molecule has 2 aliphatic carbocycles. The minimum absolute atomic E-state index is 0.0179. The number of aryl methyl sites for hydroxylation is 2. The molecule has 0 saturated carbocycles. The quantitative estimate of drug-likeness (QED) is 0.132. The van der Waals surface area contributed by atoms with Crippen molar-refractivity contribution in [2.75, 3.05) is 0 Å². The number of rotatable bonds is 2. The van der Waals surface area contributed by atoms with Crippen molar-refractivity contribution in [2.24, 2.45) is 0 Å². The molecule has 0 atom stereocenters. The van der Waals surface area contributed by atoms with Gasteiger partial charge in [0.25, 0.3) is 0 Å². The predicted octanol–water partition coefficient (Wildman–Crippen LogP) is 10.7. The van der Waals surface area contributed by atoms with Gasteiger partial charge in [-0.05, 0) is 94.8 Å². The van der Waals surface area contributed by atoms with Gasteiger partial charge < -0.3 is 0 Å². The first-order valence-electron chi connectivity index (χ1n) is 15.5. The molecule has 4 aromatic carbocycles. The molecule has 1 aromatic heterocycles. The van der Waals surface area contributed by atoms with E-state index in [4.69, 9.17) is 4.98 Å².